The van der Waals surface area contributed by atoms with Crippen LogP contribution in [0.1, 0.15) is 80.4 Å². The van der Waals surface area contributed by atoms with E-state index in [1.165, 1.54) is 5.56 Å². The van der Waals surface area contributed by atoms with Gasteiger partial charge in [0.25, 0.3) is 5.91 Å². The number of rotatable bonds is 2. The summed E-state index contributed by atoms with van der Waals surface area (Å²) in [6, 6.07) is 8.10. The Morgan fingerprint density at radius 1 is 1.05 bits per heavy atom. The lowest BCUT2D eigenvalue weighted by molar-refractivity contribution is -0.135. The Hall–Kier alpha value is -3.16. The molecule has 2 fully saturated rings. The van der Waals surface area contributed by atoms with E-state index in [1.54, 1.807) is 6.20 Å². The van der Waals surface area contributed by atoms with Crippen LogP contribution in [0.3, 0.4) is 0 Å². The number of para-hydroxylation sites is 1. The number of nitrogens with one attached hydrogen (secondary N) is 1. The van der Waals surface area contributed by atoms with E-state index in [1.807, 2.05) is 30.9 Å². The van der Waals surface area contributed by atoms with Gasteiger partial charge in [-0.1, -0.05) is 31.5 Å². The molecule has 0 aliphatic carbocycles. The molecule has 2 saturated heterocycles. The second kappa shape index (κ2) is 11.9. The number of hydrogen-bond donors (Lipinski definition) is 1. The minimum absolute atomic E-state index is 0.0342. The highest BCUT2D eigenvalue weighted by atomic mass is 16.5. The topological polar surface area (TPSA) is 87.7 Å². The van der Waals surface area contributed by atoms with Gasteiger partial charge < -0.3 is 19.9 Å². The van der Waals surface area contributed by atoms with Gasteiger partial charge in [0.2, 0.25) is 11.9 Å². The number of piperidine rings is 2. The number of likely N-dealkylation sites (tertiary alicyclic amines) is 1. The second-order valence-corrected chi connectivity index (χ2v) is 11.9. The Labute approximate surface area is 232 Å². The van der Waals surface area contributed by atoms with Gasteiger partial charge in [0, 0.05) is 32.4 Å². The van der Waals surface area contributed by atoms with Gasteiger partial charge in [-0.15, -0.1) is 0 Å². The predicted octanol–water partition coefficient (Wildman–Crippen LogP) is 4.55. The Morgan fingerprint density at radius 3 is 2.54 bits per heavy atom. The van der Waals surface area contributed by atoms with Crippen LogP contribution in [0.4, 0.5) is 5.95 Å². The number of aryl methyl sites for hydroxylation is 2. The third-order valence-corrected chi connectivity index (χ3v) is 8.94. The zero-order chi connectivity index (χ0) is 27.4. The van der Waals surface area contributed by atoms with Gasteiger partial charge in [-0.05, 0) is 76.3 Å². The van der Waals surface area contributed by atoms with Crippen LogP contribution >= 0.6 is 0 Å². The van der Waals surface area contributed by atoms with Gasteiger partial charge in [-0.25, -0.2) is 9.97 Å². The van der Waals surface area contributed by atoms with Crippen molar-refractivity contribution in [1.29, 1.82) is 0 Å². The number of aromatic nitrogens is 2. The molecular weight excluding hydrogens is 490 g/mol. The average Bonchev–Trinajstić information content (AvgIpc) is 2.94. The zero-order valence-electron chi connectivity index (χ0n) is 23.7. The second-order valence-electron chi connectivity index (χ2n) is 11.9. The number of anilines is 1. The first-order valence-corrected chi connectivity index (χ1v) is 14.7. The molecule has 2 aromatic rings. The molecule has 1 N–H and O–H groups in total. The van der Waals surface area contributed by atoms with Gasteiger partial charge in [0.05, 0.1) is 22.7 Å². The molecule has 1 aromatic carbocycles. The molecule has 1 atom stereocenters. The van der Waals surface area contributed by atoms with E-state index in [9.17, 15) is 9.59 Å². The maximum Gasteiger partial charge on any atom is 0.257 e. The van der Waals surface area contributed by atoms with Crippen LogP contribution in [-0.2, 0) is 11.2 Å². The minimum atomic E-state index is -0.454. The molecule has 5 rings (SSSR count). The highest BCUT2D eigenvalue weighted by Gasteiger charge is 2.42. The van der Waals surface area contributed by atoms with Crippen molar-refractivity contribution in [2.24, 2.45) is 11.3 Å². The first-order chi connectivity index (χ1) is 18.8. The summed E-state index contributed by atoms with van der Waals surface area (Å²) in [5, 5.41) is 3.22. The molecule has 8 heteroatoms. The molecular formula is C31H43N5O3. The van der Waals surface area contributed by atoms with Crippen molar-refractivity contribution < 1.29 is 14.3 Å². The van der Waals surface area contributed by atoms with E-state index in [0.717, 1.165) is 74.9 Å². The molecule has 39 heavy (non-hydrogen) atoms. The van der Waals surface area contributed by atoms with Crippen molar-refractivity contribution in [3.63, 3.8) is 0 Å². The fraction of sp³-hybridized carbons (Fsp3) is 0.613. The molecule has 0 saturated carbocycles. The van der Waals surface area contributed by atoms with E-state index < -0.39 is 5.41 Å². The van der Waals surface area contributed by atoms with Crippen LogP contribution in [0.15, 0.2) is 30.5 Å². The number of carbonyl (C=O) groups is 2. The normalized spacial score (nSPS) is 22.7. The smallest absolute Gasteiger partial charge is 0.257 e. The van der Waals surface area contributed by atoms with Crippen LogP contribution in [0, 0.1) is 18.3 Å². The highest BCUT2D eigenvalue weighted by Crippen LogP contribution is 2.38. The summed E-state index contributed by atoms with van der Waals surface area (Å²) in [4.78, 5) is 40.5. The standard InChI is InChI=1S/C31H43N5O3/c1-22-11-16-36(17-12-22)30-32-20-26(24(3)34-30)28(37)35-18-14-31(15-19-35)13-7-6-9-25-8-4-5-10-27(25)39-21-23(2)33-29(31)38/h4-5,8,10,20,22-23H,6-7,9,11-19,21H2,1-3H3,(H,33,38)/t23-/m0/s1. The minimum Gasteiger partial charge on any atom is -0.491 e. The molecule has 2 amide bonds. The maximum absolute atomic E-state index is 13.6. The summed E-state index contributed by atoms with van der Waals surface area (Å²) in [6.45, 7) is 9.66. The van der Waals surface area contributed by atoms with Crippen molar-refractivity contribution in [2.45, 2.75) is 78.2 Å². The third kappa shape index (κ3) is 6.20. The number of carbonyl (C=O) groups excluding carboxylic acids is 2. The zero-order valence-corrected chi connectivity index (χ0v) is 23.7. The Balaban J connectivity index is 1.23. The predicted molar refractivity (Wildman–Crippen MR) is 152 cm³/mol. The molecule has 1 aromatic heterocycles. The number of ether oxygens (including phenoxy) is 1. The quantitative estimate of drug-likeness (QED) is 0.609. The molecule has 4 heterocycles. The average molecular weight is 534 g/mol. The summed E-state index contributed by atoms with van der Waals surface area (Å²) in [6.07, 6.45) is 9.07. The molecule has 3 aliphatic heterocycles. The van der Waals surface area contributed by atoms with Crippen molar-refractivity contribution in [3.8, 4) is 5.75 Å². The van der Waals surface area contributed by atoms with Gasteiger partial charge >= 0.3 is 0 Å². The van der Waals surface area contributed by atoms with E-state index in [0.29, 0.717) is 38.1 Å². The molecule has 0 radical (unpaired) electrons. The summed E-state index contributed by atoms with van der Waals surface area (Å²) < 4.78 is 6.07. The monoisotopic (exact) mass is 533 g/mol. The van der Waals surface area contributed by atoms with Gasteiger partial charge in [-0.2, -0.15) is 0 Å². The lowest BCUT2D eigenvalue weighted by Gasteiger charge is -2.41. The lowest BCUT2D eigenvalue weighted by Crippen LogP contribution is -2.52. The van der Waals surface area contributed by atoms with Crippen LogP contribution < -0.4 is 15.0 Å². The van der Waals surface area contributed by atoms with Crippen molar-refractivity contribution in [2.75, 3.05) is 37.7 Å². The van der Waals surface area contributed by atoms with E-state index in [2.05, 4.69) is 34.3 Å². The molecule has 8 nitrogen and oxygen atoms in total. The summed E-state index contributed by atoms with van der Waals surface area (Å²) in [5.74, 6) is 2.44. The van der Waals surface area contributed by atoms with Crippen molar-refractivity contribution in [3.05, 3.63) is 47.3 Å². The van der Waals surface area contributed by atoms with Gasteiger partial charge in [0.1, 0.15) is 12.4 Å². The largest absolute Gasteiger partial charge is 0.491 e. The van der Waals surface area contributed by atoms with Gasteiger partial charge in [0.15, 0.2) is 0 Å². The number of hydrogen-bond acceptors (Lipinski definition) is 6. The third-order valence-electron chi connectivity index (χ3n) is 8.94. The van der Waals surface area contributed by atoms with Crippen molar-refractivity contribution in [1.82, 2.24) is 20.2 Å². The number of amides is 2. The molecule has 3 aliphatic rings. The number of nitrogens with zero attached hydrogens (tertiary/aromatic N) is 4. The van der Waals surface area contributed by atoms with Crippen LogP contribution in [-0.4, -0.2) is 65.5 Å². The summed E-state index contributed by atoms with van der Waals surface area (Å²) >= 11 is 0. The lowest BCUT2D eigenvalue weighted by atomic mass is 9.73. The van der Waals surface area contributed by atoms with E-state index in [4.69, 9.17) is 9.72 Å². The summed E-state index contributed by atoms with van der Waals surface area (Å²) in [5.41, 5.74) is 2.06. The van der Waals surface area contributed by atoms with E-state index >= 15 is 0 Å². The fourth-order valence-electron chi connectivity index (χ4n) is 6.19. The van der Waals surface area contributed by atoms with E-state index in [-0.39, 0.29) is 17.9 Å². The van der Waals surface area contributed by atoms with Crippen LogP contribution in [0.5, 0.6) is 5.75 Å². The highest BCUT2D eigenvalue weighted by molar-refractivity contribution is 5.95. The molecule has 0 bridgehead atoms. The number of benzene rings is 1. The van der Waals surface area contributed by atoms with Crippen LogP contribution in [0.25, 0.3) is 0 Å². The maximum atomic E-state index is 13.6. The number of fused-ring (bicyclic) bond motifs is 1. The summed E-state index contributed by atoms with van der Waals surface area (Å²) in [7, 11) is 0. The first-order valence-electron chi connectivity index (χ1n) is 14.7. The molecule has 210 valence electrons. The fourth-order valence-corrected chi connectivity index (χ4v) is 6.19. The van der Waals surface area contributed by atoms with Gasteiger partial charge in [-0.3, -0.25) is 9.59 Å². The first kappa shape index (κ1) is 27.4. The Kier molecular flexibility index (Phi) is 8.38. The molecule has 1 spiro atoms. The van der Waals surface area contributed by atoms with Crippen LogP contribution in [0.2, 0.25) is 0 Å². The van der Waals surface area contributed by atoms with Crippen molar-refractivity contribution >= 4 is 17.8 Å². The Morgan fingerprint density at radius 2 is 1.79 bits per heavy atom. The Bertz CT molecular complexity index is 1170. The molecule has 0 unspecified atom stereocenters. The SMILES string of the molecule is Cc1nc(N2CCC(C)CC2)ncc1C(=O)N1CCC2(CCCCc3ccccc3OC[C@H](C)NC2=O)CC1.